The predicted molar refractivity (Wildman–Crippen MR) is 142 cm³/mol. The van der Waals surface area contributed by atoms with Crippen LogP contribution in [0.1, 0.15) is 42.6 Å². The molecular weight excluding hydrogens is 491 g/mol. The molecule has 7 nitrogen and oxygen atoms in total. The molecule has 0 bridgehead atoms. The van der Waals surface area contributed by atoms with Crippen molar-refractivity contribution in [1.29, 1.82) is 0 Å². The molecule has 1 fully saturated rings. The van der Waals surface area contributed by atoms with Crippen molar-refractivity contribution >= 4 is 29.3 Å². The Kier molecular flexibility index (Phi) is 8.43. The Morgan fingerprint density at radius 2 is 1.70 bits per heavy atom. The van der Waals surface area contributed by atoms with Crippen LogP contribution >= 0.6 is 11.8 Å². The highest BCUT2D eigenvalue weighted by atomic mass is 32.2. The quantitative estimate of drug-likeness (QED) is 0.303. The molecule has 2 amide bonds. The predicted octanol–water partition coefficient (Wildman–Crippen LogP) is 5.31. The standard InChI is InChI=1S/C28H31FN4O3S/c1-19-16-20(2)31-27(30-19)37-18-25(34)33(17-21-8-4-5-9-24(21)29)28(14-6-7-15-28)26(35)32-22-10-12-23(36-3)13-11-22/h4-5,8-13,16H,6-7,14-15,17-18H2,1-3H3,(H,32,35). The van der Waals surface area contributed by atoms with Crippen molar-refractivity contribution in [3.8, 4) is 5.75 Å². The molecule has 194 valence electrons. The topological polar surface area (TPSA) is 84.4 Å². The van der Waals surface area contributed by atoms with Gasteiger partial charge in [-0.15, -0.1) is 0 Å². The maximum Gasteiger partial charge on any atom is 0.250 e. The lowest BCUT2D eigenvalue weighted by molar-refractivity contribution is -0.144. The molecule has 1 aliphatic rings. The van der Waals surface area contributed by atoms with E-state index in [0.717, 1.165) is 24.2 Å². The van der Waals surface area contributed by atoms with Crippen LogP contribution in [0.25, 0.3) is 0 Å². The fourth-order valence-electron chi connectivity index (χ4n) is 4.74. The third kappa shape index (κ3) is 6.28. The summed E-state index contributed by atoms with van der Waals surface area (Å²) >= 11 is 1.22. The molecule has 1 saturated carbocycles. The van der Waals surface area contributed by atoms with Crippen molar-refractivity contribution in [3.63, 3.8) is 0 Å². The second-order valence-corrected chi connectivity index (χ2v) is 10.2. The average Bonchev–Trinajstić information content (AvgIpc) is 3.38. The number of nitrogens with one attached hydrogen (secondary N) is 1. The first-order valence-electron chi connectivity index (χ1n) is 12.3. The summed E-state index contributed by atoms with van der Waals surface area (Å²) in [7, 11) is 1.58. The van der Waals surface area contributed by atoms with Gasteiger partial charge in [-0.3, -0.25) is 9.59 Å². The maximum atomic E-state index is 14.7. The van der Waals surface area contributed by atoms with Crippen LogP contribution in [-0.4, -0.2) is 45.1 Å². The molecule has 2 aromatic carbocycles. The summed E-state index contributed by atoms with van der Waals surface area (Å²) in [5, 5.41) is 3.49. The zero-order valence-electron chi connectivity index (χ0n) is 21.3. The molecule has 37 heavy (non-hydrogen) atoms. The van der Waals surface area contributed by atoms with E-state index in [-0.39, 0.29) is 24.1 Å². The SMILES string of the molecule is COc1ccc(NC(=O)C2(N(Cc3ccccc3F)C(=O)CSc3nc(C)cc(C)n3)CCCC2)cc1. The summed E-state index contributed by atoms with van der Waals surface area (Å²) < 4.78 is 19.9. The summed E-state index contributed by atoms with van der Waals surface area (Å²) in [5.74, 6) is -0.227. The number of carbonyl (C=O) groups excluding carboxylic acids is 2. The molecule has 0 atom stereocenters. The maximum absolute atomic E-state index is 14.7. The number of benzene rings is 2. The minimum atomic E-state index is -1.09. The zero-order chi connectivity index (χ0) is 26.4. The molecule has 0 unspecified atom stereocenters. The second-order valence-electron chi connectivity index (χ2n) is 9.21. The average molecular weight is 523 g/mol. The van der Waals surface area contributed by atoms with E-state index in [1.54, 1.807) is 54.5 Å². The van der Waals surface area contributed by atoms with Crippen LogP contribution in [0, 0.1) is 19.7 Å². The van der Waals surface area contributed by atoms with Gasteiger partial charge >= 0.3 is 0 Å². The molecule has 0 radical (unpaired) electrons. The first kappa shape index (κ1) is 26.6. The lowest BCUT2D eigenvalue weighted by Gasteiger charge is -2.40. The number of ether oxygens (including phenoxy) is 1. The molecule has 1 N–H and O–H groups in total. The van der Waals surface area contributed by atoms with Crippen LogP contribution in [0.5, 0.6) is 5.75 Å². The van der Waals surface area contributed by atoms with Gasteiger partial charge < -0.3 is 15.0 Å². The van der Waals surface area contributed by atoms with E-state index in [2.05, 4.69) is 15.3 Å². The van der Waals surface area contributed by atoms with E-state index < -0.39 is 11.4 Å². The van der Waals surface area contributed by atoms with Crippen LogP contribution < -0.4 is 10.1 Å². The second kappa shape index (κ2) is 11.7. The number of aromatic nitrogens is 2. The van der Waals surface area contributed by atoms with Crippen molar-refractivity contribution in [2.45, 2.75) is 56.8 Å². The van der Waals surface area contributed by atoms with E-state index in [1.807, 2.05) is 19.9 Å². The van der Waals surface area contributed by atoms with Crippen LogP contribution in [-0.2, 0) is 16.1 Å². The van der Waals surface area contributed by atoms with Gasteiger partial charge in [0.2, 0.25) is 11.8 Å². The fraction of sp³-hybridized carbons (Fsp3) is 0.357. The van der Waals surface area contributed by atoms with E-state index in [1.165, 1.54) is 17.8 Å². The summed E-state index contributed by atoms with van der Waals surface area (Å²) in [6, 6.07) is 15.3. The normalized spacial score (nSPS) is 14.3. The van der Waals surface area contributed by atoms with Gasteiger partial charge in [0.05, 0.1) is 12.9 Å². The number of methoxy groups -OCH3 is 1. The Hall–Kier alpha value is -3.46. The third-order valence-electron chi connectivity index (χ3n) is 6.59. The van der Waals surface area contributed by atoms with Gasteiger partial charge in [-0.05, 0) is 63.1 Å². The first-order chi connectivity index (χ1) is 17.8. The molecule has 0 aliphatic heterocycles. The van der Waals surface area contributed by atoms with Gasteiger partial charge in [-0.25, -0.2) is 14.4 Å². The highest BCUT2D eigenvalue weighted by molar-refractivity contribution is 7.99. The Labute approximate surface area is 220 Å². The van der Waals surface area contributed by atoms with Gasteiger partial charge in [-0.2, -0.15) is 0 Å². The number of halogens is 1. The van der Waals surface area contributed by atoms with Crippen LogP contribution in [0.15, 0.2) is 59.8 Å². The zero-order valence-corrected chi connectivity index (χ0v) is 22.1. The van der Waals surface area contributed by atoms with E-state index >= 15 is 0 Å². The molecule has 3 aromatic rings. The highest BCUT2D eigenvalue weighted by Crippen LogP contribution is 2.38. The molecule has 1 aliphatic carbocycles. The summed E-state index contributed by atoms with van der Waals surface area (Å²) in [6.07, 6.45) is 2.59. The van der Waals surface area contributed by atoms with Crippen molar-refractivity contribution < 1.29 is 18.7 Å². The number of hydrogen-bond acceptors (Lipinski definition) is 6. The number of thioether (sulfide) groups is 1. The number of aryl methyl sites for hydroxylation is 2. The molecule has 0 saturated heterocycles. The van der Waals surface area contributed by atoms with Crippen LogP contribution in [0.3, 0.4) is 0 Å². The van der Waals surface area contributed by atoms with Gasteiger partial charge in [0.1, 0.15) is 17.1 Å². The molecular formula is C28H31FN4O3S. The van der Waals surface area contributed by atoms with Gasteiger partial charge in [0, 0.05) is 29.2 Å². The van der Waals surface area contributed by atoms with Crippen molar-refractivity contribution in [2.24, 2.45) is 0 Å². The third-order valence-corrected chi connectivity index (χ3v) is 7.42. The number of nitrogens with zero attached hydrogens (tertiary/aromatic N) is 3. The Bertz CT molecular complexity index is 1240. The lowest BCUT2D eigenvalue weighted by Crippen LogP contribution is -2.57. The van der Waals surface area contributed by atoms with Gasteiger partial charge in [-0.1, -0.05) is 42.8 Å². The summed E-state index contributed by atoms with van der Waals surface area (Å²) in [4.78, 5) is 38.0. The Balaban J connectivity index is 1.63. The van der Waals surface area contributed by atoms with Crippen molar-refractivity contribution in [2.75, 3.05) is 18.2 Å². The molecule has 4 rings (SSSR count). The molecule has 0 spiro atoms. The monoisotopic (exact) mass is 522 g/mol. The minimum absolute atomic E-state index is 0.00417. The minimum Gasteiger partial charge on any atom is -0.497 e. The van der Waals surface area contributed by atoms with Crippen molar-refractivity contribution in [1.82, 2.24) is 14.9 Å². The molecule has 1 aromatic heterocycles. The summed E-state index contributed by atoms with van der Waals surface area (Å²) in [6.45, 7) is 3.75. The largest absolute Gasteiger partial charge is 0.497 e. The highest BCUT2D eigenvalue weighted by Gasteiger charge is 2.48. The van der Waals surface area contributed by atoms with E-state index in [4.69, 9.17) is 4.74 Å². The van der Waals surface area contributed by atoms with Gasteiger partial charge in [0.25, 0.3) is 0 Å². The summed E-state index contributed by atoms with van der Waals surface area (Å²) in [5.41, 5.74) is 1.51. The number of amides is 2. The molecule has 1 heterocycles. The Morgan fingerprint density at radius 1 is 1.05 bits per heavy atom. The number of carbonyl (C=O) groups is 2. The van der Waals surface area contributed by atoms with Gasteiger partial charge in [0.15, 0.2) is 5.16 Å². The van der Waals surface area contributed by atoms with Crippen LogP contribution in [0.4, 0.5) is 10.1 Å². The van der Waals surface area contributed by atoms with Crippen LogP contribution in [0.2, 0.25) is 0 Å². The van der Waals surface area contributed by atoms with E-state index in [9.17, 15) is 14.0 Å². The number of rotatable bonds is 9. The molecule has 9 heteroatoms. The Morgan fingerprint density at radius 3 is 2.32 bits per heavy atom. The smallest absolute Gasteiger partial charge is 0.250 e. The first-order valence-corrected chi connectivity index (χ1v) is 13.2. The lowest BCUT2D eigenvalue weighted by atomic mass is 9.92. The van der Waals surface area contributed by atoms with E-state index in [0.29, 0.717) is 35.0 Å². The number of anilines is 1. The number of hydrogen-bond donors (Lipinski definition) is 1. The van der Waals surface area contributed by atoms with Crippen molar-refractivity contribution in [3.05, 3.63) is 77.4 Å². The fourth-order valence-corrected chi connectivity index (χ4v) is 5.56.